The Bertz CT molecular complexity index is 427. The minimum Gasteiger partial charge on any atom is -0.477 e. The van der Waals surface area contributed by atoms with Gasteiger partial charge in [0.1, 0.15) is 0 Å². The Labute approximate surface area is 123 Å². The van der Waals surface area contributed by atoms with E-state index < -0.39 is 0 Å². The molecule has 1 aliphatic rings. The lowest BCUT2D eigenvalue weighted by Crippen LogP contribution is -2.18. The van der Waals surface area contributed by atoms with Gasteiger partial charge in [0.25, 0.3) is 0 Å². The van der Waals surface area contributed by atoms with E-state index in [4.69, 9.17) is 4.74 Å². The zero-order valence-corrected chi connectivity index (χ0v) is 13.2. The Balaban J connectivity index is 1.92. The molecule has 0 radical (unpaired) electrons. The average Bonchev–Trinajstić information content (AvgIpc) is 3.21. The Morgan fingerprint density at radius 1 is 1.25 bits per heavy atom. The molecule has 0 bridgehead atoms. The monoisotopic (exact) mass is 276 g/mol. The molecule has 0 spiro atoms. The molecule has 0 unspecified atom stereocenters. The van der Waals surface area contributed by atoms with Crippen LogP contribution in [-0.4, -0.2) is 17.6 Å². The SMILES string of the molecule is CCCCCCOc1nc(C)cc(C)c1CNC1CC1. The number of hydrogen-bond donors (Lipinski definition) is 1. The van der Waals surface area contributed by atoms with Gasteiger partial charge in [-0.1, -0.05) is 26.2 Å². The molecule has 20 heavy (non-hydrogen) atoms. The first kappa shape index (κ1) is 15.3. The molecule has 0 aromatic carbocycles. The Morgan fingerprint density at radius 3 is 2.75 bits per heavy atom. The van der Waals surface area contributed by atoms with Gasteiger partial charge in [-0.2, -0.15) is 0 Å². The zero-order valence-electron chi connectivity index (χ0n) is 13.2. The number of rotatable bonds is 9. The van der Waals surface area contributed by atoms with Gasteiger partial charge in [-0.15, -0.1) is 0 Å². The first-order valence-corrected chi connectivity index (χ1v) is 8.04. The predicted molar refractivity (Wildman–Crippen MR) is 83.2 cm³/mol. The smallest absolute Gasteiger partial charge is 0.218 e. The Morgan fingerprint density at radius 2 is 2.05 bits per heavy atom. The van der Waals surface area contributed by atoms with Crippen LogP contribution in [0.1, 0.15) is 62.3 Å². The number of hydrogen-bond acceptors (Lipinski definition) is 3. The summed E-state index contributed by atoms with van der Waals surface area (Å²) in [5.41, 5.74) is 3.56. The molecule has 0 atom stereocenters. The molecule has 1 aliphatic carbocycles. The van der Waals surface area contributed by atoms with Crippen molar-refractivity contribution in [1.29, 1.82) is 0 Å². The molecule has 1 aromatic heterocycles. The summed E-state index contributed by atoms with van der Waals surface area (Å²) in [5, 5.41) is 3.56. The first-order chi connectivity index (χ1) is 9.70. The highest BCUT2D eigenvalue weighted by Gasteiger charge is 2.21. The van der Waals surface area contributed by atoms with Gasteiger partial charge in [-0.05, 0) is 44.7 Å². The molecule has 0 aliphatic heterocycles. The number of aromatic nitrogens is 1. The molecule has 1 aromatic rings. The van der Waals surface area contributed by atoms with Crippen LogP contribution in [0.15, 0.2) is 6.07 Å². The molecular weight excluding hydrogens is 248 g/mol. The molecule has 1 fully saturated rings. The van der Waals surface area contributed by atoms with E-state index in [0.717, 1.165) is 31.1 Å². The van der Waals surface area contributed by atoms with Crippen LogP contribution in [-0.2, 0) is 6.54 Å². The highest BCUT2D eigenvalue weighted by Crippen LogP contribution is 2.24. The van der Waals surface area contributed by atoms with Crippen LogP contribution < -0.4 is 10.1 Å². The third-order valence-electron chi connectivity index (χ3n) is 3.82. The second-order valence-electron chi connectivity index (χ2n) is 5.93. The number of ether oxygens (including phenoxy) is 1. The molecule has 2 rings (SSSR count). The summed E-state index contributed by atoms with van der Waals surface area (Å²) < 4.78 is 5.95. The summed E-state index contributed by atoms with van der Waals surface area (Å²) in [5.74, 6) is 0.840. The maximum atomic E-state index is 5.95. The lowest BCUT2D eigenvalue weighted by atomic mass is 10.1. The summed E-state index contributed by atoms with van der Waals surface area (Å²) in [4.78, 5) is 4.59. The van der Waals surface area contributed by atoms with E-state index in [0.29, 0.717) is 6.04 Å². The van der Waals surface area contributed by atoms with Crippen molar-refractivity contribution in [3.05, 3.63) is 22.9 Å². The minimum atomic E-state index is 0.716. The normalized spacial score (nSPS) is 14.6. The van der Waals surface area contributed by atoms with Crippen LogP contribution in [0.25, 0.3) is 0 Å². The van der Waals surface area contributed by atoms with E-state index >= 15 is 0 Å². The molecule has 112 valence electrons. The molecule has 0 saturated heterocycles. The van der Waals surface area contributed by atoms with Gasteiger partial charge < -0.3 is 10.1 Å². The van der Waals surface area contributed by atoms with Crippen molar-refractivity contribution in [2.75, 3.05) is 6.61 Å². The fourth-order valence-electron chi connectivity index (χ4n) is 2.40. The number of unbranched alkanes of at least 4 members (excludes halogenated alkanes) is 3. The molecule has 3 heteroatoms. The van der Waals surface area contributed by atoms with Crippen LogP contribution in [0, 0.1) is 13.8 Å². The standard InChI is InChI=1S/C17H28N2O/c1-4-5-6-7-10-20-17-16(12-18-15-8-9-15)13(2)11-14(3)19-17/h11,15,18H,4-10,12H2,1-3H3. The highest BCUT2D eigenvalue weighted by atomic mass is 16.5. The lowest BCUT2D eigenvalue weighted by Gasteiger charge is -2.14. The number of aryl methyl sites for hydroxylation is 2. The van der Waals surface area contributed by atoms with Crippen molar-refractivity contribution in [3.63, 3.8) is 0 Å². The Kier molecular flexibility index (Phi) is 5.84. The summed E-state index contributed by atoms with van der Waals surface area (Å²) in [6, 6.07) is 2.86. The van der Waals surface area contributed by atoms with Crippen molar-refractivity contribution in [2.45, 2.75) is 71.9 Å². The highest BCUT2D eigenvalue weighted by molar-refractivity contribution is 5.36. The quantitative estimate of drug-likeness (QED) is 0.694. The summed E-state index contributed by atoms with van der Waals surface area (Å²) >= 11 is 0. The van der Waals surface area contributed by atoms with Gasteiger partial charge in [0, 0.05) is 23.8 Å². The second kappa shape index (κ2) is 7.63. The summed E-state index contributed by atoms with van der Waals surface area (Å²) in [7, 11) is 0. The molecule has 1 heterocycles. The van der Waals surface area contributed by atoms with Crippen molar-refractivity contribution in [3.8, 4) is 5.88 Å². The van der Waals surface area contributed by atoms with Gasteiger partial charge >= 0.3 is 0 Å². The largest absolute Gasteiger partial charge is 0.477 e. The van der Waals surface area contributed by atoms with E-state index in [9.17, 15) is 0 Å². The van der Waals surface area contributed by atoms with Gasteiger partial charge in [0.15, 0.2) is 0 Å². The first-order valence-electron chi connectivity index (χ1n) is 8.04. The van der Waals surface area contributed by atoms with Crippen LogP contribution in [0.4, 0.5) is 0 Å². The predicted octanol–water partition coefficient (Wildman–Crippen LogP) is 3.91. The van der Waals surface area contributed by atoms with Crippen molar-refractivity contribution < 1.29 is 4.74 Å². The fourth-order valence-corrected chi connectivity index (χ4v) is 2.40. The maximum absolute atomic E-state index is 5.95. The maximum Gasteiger partial charge on any atom is 0.218 e. The summed E-state index contributed by atoms with van der Waals surface area (Å²) in [6.45, 7) is 8.09. The van der Waals surface area contributed by atoms with Crippen molar-refractivity contribution in [1.82, 2.24) is 10.3 Å². The van der Waals surface area contributed by atoms with E-state index in [1.807, 2.05) is 6.92 Å². The van der Waals surface area contributed by atoms with E-state index in [-0.39, 0.29) is 0 Å². The van der Waals surface area contributed by atoms with Crippen LogP contribution in [0.5, 0.6) is 5.88 Å². The third kappa shape index (κ3) is 4.78. The van der Waals surface area contributed by atoms with Gasteiger partial charge in [-0.25, -0.2) is 4.98 Å². The number of nitrogens with zero attached hydrogens (tertiary/aromatic N) is 1. The third-order valence-corrected chi connectivity index (χ3v) is 3.82. The van der Waals surface area contributed by atoms with Crippen LogP contribution >= 0.6 is 0 Å². The van der Waals surface area contributed by atoms with Gasteiger partial charge in [-0.3, -0.25) is 0 Å². The lowest BCUT2D eigenvalue weighted by molar-refractivity contribution is 0.289. The number of pyridine rings is 1. The van der Waals surface area contributed by atoms with Crippen LogP contribution in [0.3, 0.4) is 0 Å². The molecule has 1 saturated carbocycles. The summed E-state index contributed by atoms with van der Waals surface area (Å²) in [6.07, 6.45) is 7.55. The zero-order chi connectivity index (χ0) is 14.4. The average molecular weight is 276 g/mol. The van der Waals surface area contributed by atoms with Crippen molar-refractivity contribution in [2.24, 2.45) is 0 Å². The Hall–Kier alpha value is -1.09. The van der Waals surface area contributed by atoms with E-state index in [1.54, 1.807) is 0 Å². The van der Waals surface area contributed by atoms with E-state index in [2.05, 4.69) is 30.2 Å². The van der Waals surface area contributed by atoms with Crippen LogP contribution in [0.2, 0.25) is 0 Å². The number of nitrogens with one attached hydrogen (secondary N) is 1. The van der Waals surface area contributed by atoms with Gasteiger partial charge in [0.05, 0.1) is 6.61 Å². The fraction of sp³-hybridized carbons (Fsp3) is 0.706. The minimum absolute atomic E-state index is 0.716. The molecule has 1 N–H and O–H groups in total. The van der Waals surface area contributed by atoms with Crippen molar-refractivity contribution >= 4 is 0 Å². The molecule has 0 amide bonds. The molecule has 3 nitrogen and oxygen atoms in total. The van der Waals surface area contributed by atoms with E-state index in [1.165, 1.54) is 43.2 Å². The second-order valence-corrected chi connectivity index (χ2v) is 5.93. The van der Waals surface area contributed by atoms with Gasteiger partial charge in [0.2, 0.25) is 5.88 Å². The molecular formula is C17H28N2O. The topological polar surface area (TPSA) is 34.1 Å².